The molecule has 0 bridgehead atoms. The number of rotatable bonds is 7. The van der Waals surface area contributed by atoms with Gasteiger partial charge in [-0.3, -0.25) is 0 Å². The molecule has 2 unspecified atom stereocenters. The maximum atomic E-state index is 6.16. The smallest absolute Gasteiger partial charge is 0.119 e. The van der Waals surface area contributed by atoms with Gasteiger partial charge in [0.1, 0.15) is 11.5 Å². The number of methoxy groups -OCH3 is 1. The summed E-state index contributed by atoms with van der Waals surface area (Å²) in [5, 5.41) is 0.245. The standard InChI is InChI=1S/C14H21ClO2/c1-4-14(15)11(2)9-10-17-13-7-5-12(16-3)6-8-13/h5-8,11,14H,4,9-10H2,1-3H3. The maximum Gasteiger partial charge on any atom is 0.119 e. The molecule has 0 aromatic heterocycles. The highest BCUT2D eigenvalue weighted by atomic mass is 35.5. The van der Waals surface area contributed by atoms with Crippen LogP contribution >= 0.6 is 11.6 Å². The van der Waals surface area contributed by atoms with Crippen molar-refractivity contribution in [1.82, 2.24) is 0 Å². The van der Waals surface area contributed by atoms with E-state index in [4.69, 9.17) is 21.1 Å². The Labute approximate surface area is 109 Å². The molecule has 0 radical (unpaired) electrons. The van der Waals surface area contributed by atoms with Crippen LogP contribution in [0.3, 0.4) is 0 Å². The fraction of sp³-hybridized carbons (Fsp3) is 0.571. The van der Waals surface area contributed by atoms with Gasteiger partial charge in [0.2, 0.25) is 0 Å². The minimum Gasteiger partial charge on any atom is -0.497 e. The van der Waals surface area contributed by atoms with Crippen LogP contribution in [-0.2, 0) is 0 Å². The van der Waals surface area contributed by atoms with E-state index in [1.54, 1.807) is 7.11 Å². The molecule has 2 nitrogen and oxygen atoms in total. The molecule has 0 saturated heterocycles. The molecule has 0 N–H and O–H groups in total. The van der Waals surface area contributed by atoms with E-state index >= 15 is 0 Å². The predicted octanol–water partition coefficient (Wildman–Crippen LogP) is 4.12. The molecular formula is C14H21ClO2. The molecule has 96 valence electrons. The molecule has 0 heterocycles. The van der Waals surface area contributed by atoms with Crippen molar-refractivity contribution in [2.75, 3.05) is 13.7 Å². The number of halogens is 1. The minimum atomic E-state index is 0.245. The van der Waals surface area contributed by atoms with Crippen LogP contribution in [0.1, 0.15) is 26.7 Å². The molecule has 17 heavy (non-hydrogen) atoms. The van der Waals surface area contributed by atoms with Crippen molar-refractivity contribution in [2.24, 2.45) is 5.92 Å². The summed E-state index contributed by atoms with van der Waals surface area (Å²) in [6.07, 6.45) is 1.99. The second kappa shape index (κ2) is 7.44. The summed E-state index contributed by atoms with van der Waals surface area (Å²) in [5.41, 5.74) is 0. The lowest BCUT2D eigenvalue weighted by atomic mass is 10.0. The summed E-state index contributed by atoms with van der Waals surface area (Å²) in [6, 6.07) is 7.63. The van der Waals surface area contributed by atoms with E-state index in [2.05, 4.69) is 13.8 Å². The SMILES string of the molecule is CCC(Cl)C(C)CCOc1ccc(OC)cc1. The Bertz CT molecular complexity index is 311. The molecule has 1 rings (SSSR count). The van der Waals surface area contributed by atoms with Gasteiger partial charge in [-0.15, -0.1) is 11.6 Å². The van der Waals surface area contributed by atoms with Crippen molar-refractivity contribution in [3.8, 4) is 11.5 Å². The average molecular weight is 257 g/mol. The normalized spacial score (nSPS) is 14.1. The Kier molecular flexibility index (Phi) is 6.20. The topological polar surface area (TPSA) is 18.5 Å². The van der Waals surface area contributed by atoms with E-state index < -0.39 is 0 Å². The van der Waals surface area contributed by atoms with Crippen LogP contribution in [0.5, 0.6) is 11.5 Å². The van der Waals surface area contributed by atoms with E-state index in [1.165, 1.54) is 0 Å². The second-order valence-electron chi connectivity index (χ2n) is 4.21. The van der Waals surface area contributed by atoms with E-state index in [0.717, 1.165) is 24.3 Å². The van der Waals surface area contributed by atoms with Crippen LogP contribution in [0.25, 0.3) is 0 Å². The van der Waals surface area contributed by atoms with Gasteiger partial charge in [0, 0.05) is 5.38 Å². The average Bonchev–Trinajstić information content (AvgIpc) is 2.38. The first kappa shape index (κ1) is 14.2. The lowest BCUT2D eigenvalue weighted by Gasteiger charge is -2.16. The largest absolute Gasteiger partial charge is 0.497 e. The number of benzene rings is 1. The van der Waals surface area contributed by atoms with Gasteiger partial charge in [-0.25, -0.2) is 0 Å². The summed E-state index contributed by atoms with van der Waals surface area (Å²) in [6.45, 7) is 4.98. The zero-order valence-corrected chi connectivity index (χ0v) is 11.5. The number of ether oxygens (including phenoxy) is 2. The lowest BCUT2D eigenvalue weighted by molar-refractivity contribution is 0.279. The molecule has 1 aromatic carbocycles. The minimum absolute atomic E-state index is 0.245. The van der Waals surface area contributed by atoms with Crippen molar-refractivity contribution in [3.63, 3.8) is 0 Å². The highest BCUT2D eigenvalue weighted by Crippen LogP contribution is 2.20. The number of hydrogen-bond acceptors (Lipinski definition) is 2. The molecule has 0 aliphatic carbocycles. The highest BCUT2D eigenvalue weighted by molar-refractivity contribution is 6.20. The van der Waals surface area contributed by atoms with Crippen LogP contribution in [0, 0.1) is 5.92 Å². The van der Waals surface area contributed by atoms with E-state index in [0.29, 0.717) is 12.5 Å². The van der Waals surface area contributed by atoms with Gasteiger partial charge >= 0.3 is 0 Å². The molecule has 0 aliphatic rings. The monoisotopic (exact) mass is 256 g/mol. The van der Waals surface area contributed by atoms with Crippen LogP contribution in [0.2, 0.25) is 0 Å². The van der Waals surface area contributed by atoms with Crippen LogP contribution in [0.15, 0.2) is 24.3 Å². The van der Waals surface area contributed by atoms with E-state index in [1.807, 2.05) is 24.3 Å². The lowest BCUT2D eigenvalue weighted by Crippen LogP contribution is -2.13. The Morgan fingerprint density at radius 3 is 2.29 bits per heavy atom. The third-order valence-electron chi connectivity index (χ3n) is 2.91. The Balaban J connectivity index is 2.30. The molecule has 2 atom stereocenters. The fourth-order valence-electron chi connectivity index (χ4n) is 1.62. The first-order valence-electron chi connectivity index (χ1n) is 6.08. The summed E-state index contributed by atoms with van der Waals surface area (Å²) in [5.74, 6) is 2.21. The predicted molar refractivity (Wildman–Crippen MR) is 72.2 cm³/mol. The van der Waals surface area contributed by atoms with Gasteiger partial charge in [0.05, 0.1) is 13.7 Å². The van der Waals surface area contributed by atoms with Crippen molar-refractivity contribution >= 4 is 11.6 Å². The summed E-state index contributed by atoms with van der Waals surface area (Å²) in [4.78, 5) is 0. The van der Waals surface area contributed by atoms with Gasteiger partial charge in [-0.2, -0.15) is 0 Å². The van der Waals surface area contributed by atoms with Gasteiger partial charge < -0.3 is 9.47 Å². The van der Waals surface area contributed by atoms with Gasteiger partial charge in [0.15, 0.2) is 0 Å². The molecule has 3 heteroatoms. The summed E-state index contributed by atoms with van der Waals surface area (Å²) < 4.78 is 10.7. The first-order valence-corrected chi connectivity index (χ1v) is 6.52. The van der Waals surface area contributed by atoms with Crippen LogP contribution in [-0.4, -0.2) is 19.1 Å². The van der Waals surface area contributed by atoms with Crippen LogP contribution < -0.4 is 9.47 Å². The van der Waals surface area contributed by atoms with E-state index in [-0.39, 0.29) is 5.38 Å². The number of hydrogen-bond donors (Lipinski definition) is 0. The molecule has 0 fully saturated rings. The van der Waals surface area contributed by atoms with Crippen molar-refractivity contribution in [1.29, 1.82) is 0 Å². The molecule has 0 aliphatic heterocycles. The second-order valence-corrected chi connectivity index (χ2v) is 4.77. The van der Waals surface area contributed by atoms with Gasteiger partial charge in [0.25, 0.3) is 0 Å². The van der Waals surface area contributed by atoms with Crippen molar-refractivity contribution < 1.29 is 9.47 Å². The van der Waals surface area contributed by atoms with Crippen molar-refractivity contribution in [3.05, 3.63) is 24.3 Å². The molecule has 0 amide bonds. The number of alkyl halides is 1. The Morgan fingerprint density at radius 2 is 1.76 bits per heavy atom. The van der Waals surface area contributed by atoms with Gasteiger partial charge in [-0.05, 0) is 43.0 Å². The first-order chi connectivity index (χ1) is 8.17. The summed E-state index contributed by atoms with van der Waals surface area (Å²) in [7, 11) is 1.66. The van der Waals surface area contributed by atoms with E-state index in [9.17, 15) is 0 Å². The molecule has 0 saturated carbocycles. The fourth-order valence-corrected chi connectivity index (χ4v) is 1.74. The Hall–Kier alpha value is -0.890. The van der Waals surface area contributed by atoms with Crippen LogP contribution in [0.4, 0.5) is 0 Å². The summed E-state index contributed by atoms with van der Waals surface area (Å²) >= 11 is 6.16. The maximum absolute atomic E-state index is 6.16. The van der Waals surface area contributed by atoms with Crippen molar-refractivity contribution in [2.45, 2.75) is 32.1 Å². The highest BCUT2D eigenvalue weighted by Gasteiger charge is 2.11. The third kappa shape index (κ3) is 4.86. The Morgan fingerprint density at radius 1 is 1.18 bits per heavy atom. The quantitative estimate of drug-likeness (QED) is 0.684. The zero-order chi connectivity index (χ0) is 12.7. The zero-order valence-electron chi connectivity index (χ0n) is 10.8. The molecule has 0 spiro atoms. The molecular weight excluding hydrogens is 236 g/mol. The third-order valence-corrected chi connectivity index (χ3v) is 3.65. The van der Waals surface area contributed by atoms with Gasteiger partial charge in [-0.1, -0.05) is 13.8 Å². The molecule has 1 aromatic rings.